The summed E-state index contributed by atoms with van der Waals surface area (Å²) in [6.07, 6.45) is 3.79. The van der Waals surface area contributed by atoms with Gasteiger partial charge in [-0.1, -0.05) is 6.42 Å². The number of fused-ring (bicyclic) bond motifs is 1. The number of piperazine rings is 1. The summed E-state index contributed by atoms with van der Waals surface area (Å²) in [4.78, 5) is 15.2. The summed E-state index contributed by atoms with van der Waals surface area (Å²) in [5.74, 6) is 0. The highest BCUT2D eigenvalue weighted by molar-refractivity contribution is 5.58. The molecule has 0 spiro atoms. The molecule has 0 radical (unpaired) electrons. The summed E-state index contributed by atoms with van der Waals surface area (Å²) >= 11 is 0. The van der Waals surface area contributed by atoms with Crippen molar-refractivity contribution < 1.29 is 10.0 Å². The number of aliphatic hydroxyl groups excluding tert-OH is 1. The molecule has 2 aliphatic rings. The highest BCUT2D eigenvalue weighted by Gasteiger charge is 2.29. The van der Waals surface area contributed by atoms with Crippen molar-refractivity contribution in [3.8, 4) is 0 Å². The third kappa shape index (κ3) is 2.87. The van der Waals surface area contributed by atoms with Crippen LogP contribution in [0.1, 0.15) is 24.8 Å². The summed E-state index contributed by atoms with van der Waals surface area (Å²) in [6, 6.07) is 5.38. The van der Waals surface area contributed by atoms with Gasteiger partial charge in [0.05, 0.1) is 11.5 Å². The number of piperidine rings is 1. The summed E-state index contributed by atoms with van der Waals surface area (Å²) in [6.45, 7) is 3.92. The highest BCUT2D eigenvalue weighted by Crippen LogP contribution is 2.29. The predicted molar refractivity (Wildman–Crippen MR) is 80.4 cm³/mol. The Bertz CT molecular complexity index is 535. The van der Waals surface area contributed by atoms with Crippen LogP contribution in [0, 0.1) is 10.1 Å². The largest absolute Gasteiger partial charge is 0.392 e. The lowest BCUT2D eigenvalue weighted by Gasteiger charge is -2.45. The van der Waals surface area contributed by atoms with E-state index in [0.717, 1.165) is 25.3 Å². The van der Waals surface area contributed by atoms with Gasteiger partial charge in [-0.15, -0.1) is 0 Å². The average molecular weight is 291 g/mol. The molecule has 0 amide bonds. The Hall–Kier alpha value is -1.66. The molecule has 0 saturated carbocycles. The molecule has 6 heteroatoms. The van der Waals surface area contributed by atoms with E-state index >= 15 is 0 Å². The topological polar surface area (TPSA) is 69.9 Å². The molecule has 2 heterocycles. The van der Waals surface area contributed by atoms with E-state index in [9.17, 15) is 15.2 Å². The summed E-state index contributed by atoms with van der Waals surface area (Å²) in [5.41, 5.74) is 1.63. The quantitative estimate of drug-likeness (QED) is 0.679. The standard InChI is InChI=1S/C15H21N3O3/c19-11-12-9-13(18(20)21)4-5-15(12)17-8-7-16-6-2-1-3-14(16)10-17/h4-5,9,14,19H,1-3,6-8,10-11H2. The first-order chi connectivity index (χ1) is 10.2. The molecule has 0 aromatic heterocycles. The minimum Gasteiger partial charge on any atom is -0.392 e. The van der Waals surface area contributed by atoms with Gasteiger partial charge < -0.3 is 10.0 Å². The van der Waals surface area contributed by atoms with Gasteiger partial charge in [-0.2, -0.15) is 0 Å². The zero-order valence-corrected chi connectivity index (χ0v) is 12.1. The van der Waals surface area contributed by atoms with Gasteiger partial charge >= 0.3 is 0 Å². The number of anilines is 1. The van der Waals surface area contributed by atoms with E-state index in [2.05, 4.69) is 9.80 Å². The Morgan fingerprint density at radius 2 is 2.14 bits per heavy atom. The second kappa shape index (κ2) is 5.99. The van der Waals surface area contributed by atoms with Crippen LogP contribution >= 0.6 is 0 Å². The van der Waals surface area contributed by atoms with Crippen LogP contribution in [0.5, 0.6) is 0 Å². The molecular formula is C15H21N3O3. The number of hydrogen-bond donors (Lipinski definition) is 1. The highest BCUT2D eigenvalue weighted by atomic mass is 16.6. The summed E-state index contributed by atoms with van der Waals surface area (Å²) in [7, 11) is 0. The number of hydrogen-bond acceptors (Lipinski definition) is 5. The number of non-ortho nitro benzene ring substituents is 1. The van der Waals surface area contributed by atoms with E-state index in [-0.39, 0.29) is 12.3 Å². The van der Waals surface area contributed by atoms with Crippen LogP contribution in [0.2, 0.25) is 0 Å². The molecule has 2 fully saturated rings. The van der Waals surface area contributed by atoms with Crippen molar-refractivity contribution in [1.82, 2.24) is 4.90 Å². The van der Waals surface area contributed by atoms with Crippen molar-refractivity contribution >= 4 is 11.4 Å². The minimum atomic E-state index is -0.415. The lowest BCUT2D eigenvalue weighted by atomic mass is 9.98. The molecular weight excluding hydrogens is 270 g/mol. The molecule has 1 aromatic carbocycles. The smallest absolute Gasteiger partial charge is 0.269 e. The number of nitro groups is 1. The van der Waals surface area contributed by atoms with Crippen molar-refractivity contribution in [3.63, 3.8) is 0 Å². The first kappa shape index (κ1) is 14.3. The van der Waals surface area contributed by atoms with Crippen molar-refractivity contribution in [2.45, 2.75) is 31.9 Å². The first-order valence-corrected chi connectivity index (χ1v) is 7.56. The van der Waals surface area contributed by atoms with Crippen molar-refractivity contribution in [2.75, 3.05) is 31.1 Å². The number of rotatable bonds is 3. The van der Waals surface area contributed by atoms with E-state index in [4.69, 9.17) is 0 Å². The van der Waals surface area contributed by atoms with Crippen LogP contribution in [0.4, 0.5) is 11.4 Å². The monoisotopic (exact) mass is 291 g/mol. The van der Waals surface area contributed by atoms with Crippen LogP contribution in [0.3, 0.4) is 0 Å². The Morgan fingerprint density at radius 1 is 1.29 bits per heavy atom. The number of nitro benzene ring substituents is 1. The van der Waals surface area contributed by atoms with E-state index in [1.54, 1.807) is 6.07 Å². The normalized spacial score (nSPS) is 22.9. The van der Waals surface area contributed by atoms with Crippen LogP contribution in [0.25, 0.3) is 0 Å². The average Bonchev–Trinajstić information content (AvgIpc) is 2.53. The number of aliphatic hydroxyl groups is 1. The predicted octanol–water partition coefficient (Wildman–Crippen LogP) is 1.76. The van der Waals surface area contributed by atoms with Crippen molar-refractivity contribution in [3.05, 3.63) is 33.9 Å². The molecule has 6 nitrogen and oxygen atoms in total. The van der Waals surface area contributed by atoms with Gasteiger partial charge in [-0.05, 0) is 25.5 Å². The van der Waals surface area contributed by atoms with Gasteiger partial charge in [0.25, 0.3) is 5.69 Å². The van der Waals surface area contributed by atoms with Crippen LogP contribution in [-0.2, 0) is 6.61 Å². The molecule has 114 valence electrons. The van der Waals surface area contributed by atoms with Gasteiger partial charge in [-0.3, -0.25) is 15.0 Å². The second-order valence-electron chi connectivity index (χ2n) is 5.86. The fourth-order valence-electron chi connectivity index (χ4n) is 3.50. The fraction of sp³-hybridized carbons (Fsp3) is 0.600. The molecule has 0 bridgehead atoms. The van der Waals surface area contributed by atoms with E-state index in [0.29, 0.717) is 11.6 Å². The lowest BCUT2D eigenvalue weighted by Crippen LogP contribution is -2.55. The van der Waals surface area contributed by atoms with Gasteiger partial charge in [0, 0.05) is 49.1 Å². The Balaban J connectivity index is 1.81. The van der Waals surface area contributed by atoms with Gasteiger partial charge in [0.2, 0.25) is 0 Å². The van der Waals surface area contributed by atoms with Crippen LogP contribution in [-0.4, -0.2) is 47.2 Å². The maximum absolute atomic E-state index is 10.8. The molecule has 0 aliphatic carbocycles. The lowest BCUT2D eigenvalue weighted by molar-refractivity contribution is -0.384. The van der Waals surface area contributed by atoms with Crippen molar-refractivity contribution in [2.24, 2.45) is 0 Å². The molecule has 1 N–H and O–H groups in total. The zero-order valence-electron chi connectivity index (χ0n) is 12.1. The molecule has 1 atom stereocenters. The Morgan fingerprint density at radius 3 is 2.90 bits per heavy atom. The van der Waals surface area contributed by atoms with Crippen molar-refractivity contribution in [1.29, 1.82) is 0 Å². The zero-order chi connectivity index (χ0) is 14.8. The van der Waals surface area contributed by atoms with Gasteiger partial charge in [-0.25, -0.2) is 0 Å². The summed E-state index contributed by atoms with van der Waals surface area (Å²) in [5, 5.41) is 20.4. The second-order valence-corrected chi connectivity index (χ2v) is 5.86. The molecule has 1 unspecified atom stereocenters. The maximum atomic E-state index is 10.8. The van der Waals surface area contributed by atoms with Gasteiger partial charge in [0.1, 0.15) is 0 Å². The van der Waals surface area contributed by atoms with E-state index < -0.39 is 4.92 Å². The summed E-state index contributed by atoms with van der Waals surface area (Å²) < 4.78 is 0. The number of nitrogens with zero attached hydrogens (tertiary/aromatic N) is 3. The third-order valence-electron chi connectivity index (χ3n) is 4.62. The maximum Gasteiger partial charge on any atom is 0.269 e. The fourth-order valence-corrected chi connectivity index (χ4v) is 3.50. The molecule has 1 aromatic rings. The first-order valence-electron chi connectivity index (χ1n) is 7.56. The van der Waals surface area contributed by atoms with E-state index in [1.807, 2.05) is 0 Å². The molecule has 2 saturated heterocycles. The van der Waals surface area contributed by atoms with Crippen LogP contribution < -0.4 is 4.90 Å². The third-order valence-corrected chi connectivity index (χ3v) is 4.62. The molecule has 2 aliphatic heterocycles. The number of benzene rings is 1. The Kier molecular flexibility index (Phi) is 4.07. The van der Waals surface area contributed by atoms with E-state index in [1.165, 1.54) is 37.9 Å². The Labute approximate surface area is 124 Å². The SMILES string of the molecule is O=[N+]([O-])c1ccc(N2CCN3CCCCC3C2)c(CO)c1. The molecule has 21 heavy (non-hydrogen) atoms. The molecule has 3 rings (SSSR count). The van der Waals surface area contributed by atoms with Crippen LogP contribution in [0.15, 0.2) is 18.2 Å². The van der Waals surface area contributed by atoms with Gasteiger partial charge in [0.15, 0.2) is 0 Å². The minimum absolute atomic E-state index is 0.0408.